The molecular formula is C16H19N5O3. The largest absolute Gasteiger partial charge is 0.465 e. The summed E-state index contributed by atoms with van der Waals surface area (Å²) >= 11 is 0. The molecule has 0 spiro atoms. The molecule has 2 aromatic rings. The van der Waals surface area contributed by atoms with E-state index in [9.17, 15) is 9.59 Å². The Hall–Kier alpha value is -2.77. The number of methoxy groups -OCH3 is 1. The maximum atomic E-state index is 12.9. The van der Waals surface area contributed by atoms with Crippen molar-refractivity contribution in [2.45, 2.75) is 37.6 Å². The van der Waals surface area contributed by atoms with Crippen molar-refractivity contribution in [3.63, 3.8) is 0 Å². The van der Waals surface area contributed by atoms with Crippen LogP contribution in [-0.2, 0) is 15.1 Å². The molecule has 24 heavy (non-hydrogen) atoms. The van der Waals surface area contributed by atoms with Crippen LogP contribution in [0.3, 0.4) is 0 Å². The van der Waals surface area contributed by atoms with Crippen LogP contribution in [0.4, 0.5) is 5.69 Å². The Balaban J connectivity index is 1.80. The summed E-state index contributed by atoms with van der Waals surface area (Å²) in [6, 6.07) is 6.60. The standard InChI is InChI=1S/C16H19N5O3/c1-24-14(22)12-5-7-13(8-6-12)18-15(23)16(9-3-2-4-10-16)21-11-17-19-20-21/h5-8,11H,2-4,9-10H2,1H3,(H,18,23). The molecule has 1 N–H and O–H groups in total. The fraction of sp³-hybridized carbons (Fsp3) is 0.438. The lowest BCUT2D eigenvalue weighted by atomic mass is 9.81. The zero-order chi connectivity index (χ0) is 17.0. The van der Waals surface area contributed by atoms with Crippen LogP contribution in [0.5, 0.6) is 0 Å². The maximum absolute atomic E-state index is 12.9. The molecule has 126 valence electrons. The van der Waals surface area contributed by atoms with Crippen LogP contribution >= 0.6 is 0 Å². The summed E-state index contributed by atoms with van der Waals surface area (Å²) < 4.78 is 6.23. The Morgan fingerprint density at radius 2 is 1.88 bits per heavy atom. The van der Waals surface area contributed by atoms with Gasteiger partial charge >= 0.3 is 5.97 Å². The van der Waals surface area contributed by atoms with Gasteiger partial charge in [0.25, 0.3) is 5.91 Å². The normalized spacial score (nSPS) is 16.4. The third-order valence-corrected chi connectivity index (χ3v) is 4.45. The minimum atomic E-state index is -0.761. The summed E-state index contributed by atoms with van der Waals surface area (Å²) in [7, 11) is 1.33. The highest BCUT2D eigenvalue weighted by Crippen LogP contribution is 2.35. The van der Waals surface area contributed by atoms with Crippen molar-refractivity contribution in [1.82, 2.24) is 20.2 Å². The van der Waals surface area contributed by atoms with Crippen LogP contribution in [0.2, 0.25) is 0 Å². The van der Waals surface area contributed by atoms with E-state index in [1.165, 1.54) is 13.4 Å². The Kier molecular flexibility index (Phi) is 4.54. The number of carbonyl (C=O) groups excluding carboxylic acids is 2. The molecule has 8 heteroatoms. The molecule has 1 fully saturated rings. The molecule has 1 aliphatic carbocycles. The fourth-order valence-corrected chi connectivity index (χ4v) is 3.11. The highest BCUT2D eigenvalue weighted by molar-refractivity contribution is 5.97. The number of anilines is 1. The summed E-state index contributed by atoms with van der Waals surface area (Å²) in [5.41, 5.74) is 0.289. The van der Waals surface area contributed by atoms with E-state index in [2.05, 4.69) is 25.6 Å². The van der Waals surface area contributed by atoms with Crippen LogP contribution in [0.15, 0.2) is 30.6 Å². The number of rotatable bonds is 4. The van der Waals surface area contributed by atoms with Gasteiger partial charge in [0.15, 0.2) is 0 Å². The molecule has 0 saturated heterocycles. The van der Waals surface area contributed by atoms with Gasteiger partial charge in [-0.05, 0) is 47.5 Å². The van der Waals surface area contributed by atoms with Gasteiger partial charge in [0.2, 0.25) is 0 Å². The first-order valence-corrected chi connectivity index (χ1v) is 7.89. The van der Waals surface area contributed by atoms with Crippen molar-refractivity contribution in [2.75, 3.05) is 12.4 Å². The molecule has 0 radical (unpaired) electrons. The van der Waals surface area contributed by atoms with E-state index < -0.39 is 11.5 Å². The topological polar surface area (TPSA) is 99.0 Å². The number of tetrazole rings is 1. The number of hydrogen-bond acceptors (Lipinski definition) is 6. The third kappa shape index (κ3) is 2.99. The van der Waals surface area contributed by atoms with E-state index >= 15 is 0 Å². The van der Waals surface area contributed by atoms with Crippen molar-refractivity contribution in [3.8, 4) is 0 Å². The molecule has 1 aromatic carbocycles. The van der Waals surface area contributed by atoms with Gasteiger partial charge in [0, 0.05) is 5.69 Å². The number of nitrogens with zero attached hydrogens (tertiary/aromatic N) is 4. The molecule has 1 amide bonds. The molecule has 8 nitrogen and oxygen atoms in total. The van der Waals surface area contributed by atoms with Gasteiger partial charge in [-0.3, -0.25) is 4.79 Å². The van der Waals surface area contributed by atoms with Crippen LogP contribution in [0.25, 0.3) is 0 Å². The first kappa shape index (κ1) is 16.1. The van der Waals surface area contributed by atoms with Crippen molar-refractivity contribution in [1.29, 1.82) is 0 Å². The van der Waals surface area contributed by atoms with Crippen LogP contribution in [-0.4, -0.2) is 39.2 Å². The molecule has 3 rings (SSSR count). The predicted octanol–water partition coefficient (Wildman–Crippen LogP) is 1.76. The quantitative estimate of drug-likeness (QED) is 0.858. The number of amides is 1. The number of aromatic nitrogens is 4. The van der Waals surface area contributed by atoms with Crippen molar-refractivity contribution < 1.29 is 14.3 Å². The molecule has 1 aromatic heterocycles. The first-order chi connectivity index (χ1) is 11.7. The molecule has 0 bridgehead atoms. The highest BCUT2D eigenvalue weighted by atomic mass is 16.5. The molecule has 0 atom stereocenters. The lowest BCUT2D eigenvalue weighted by molar-refractivity contribution is -0.126. The Bertz CT molecular complexity index is 706. The number of benzene rings is 1. The predicted molar refractivity (Wildman–Crippen MR) is 85.3 cm³/mol. The van der Waals surface area contributed by atoms with Gasteiger partial charge in [0.05, 0.1) is 12.7 Å². The average Bonchev–Trinajstić information content (AvgIpc) is 3.17. The molecule has 0 aliphatic heterocycles. The number of carbonyl (C=O) groups is 2. The van der Waals surface area contributed by atoms with Gasteiger partial charge in [-0.1, -0.05) is 19.3 Å². The molecule has 0 unspecified atom stereocenters. The lowest BCUT2D eigenvalue weighted by Gasteiger charge is -2.35. The second kappa shape index (κ2) is 6.77. The van der Waals surface area contributed by atoms with Gasteiger partial charge in [-0.2, -0.15) is 0 Å². The van der Waals surface area contributed by atoms with E-state index in [0.717, 1.165) is 19.3 Å². The maximum Gasteiger partial charge on any atom is 0.337 e. The molecular weight excluding hydrogens is 310 g/mol. The summed E-state index contributed by atoms with van der Waals surface area (Å²) in [5.74, 6) is -0.550. The van der Waals surface area contributed by atoms with Gasteiger partial charge < -0.3 is 10.1 Å². The number of ether oxygens (including phenoxy) is 1. The lowest BCUT2D eigenvalue weighted by Crippen LogP contribution is -2.47. The molecule has 1 heterocycles. The molecule has 1 saturated carbocycles. The smallest absolute Gasteiger partial charge is 0.337 e. The van der Waals surface area contributed by atoms with E-state index in [4.69, 9.17) is 0 Å². The Morgan fingerprint density at radius 1 is 1.17 bits per heavy atom. The zero-order valence-corrected chi connectivity index (χ0v) is 13.4. The van der Waals surface area contributed by atoms with E-state index in [-0.39, 0.29) is 5.91 Å². The first-order valence-electron chi connectivity index (χ1n) is 7.89. The van der Waals surface area contributed by atoms with Crippen LogP contribution in [0.1, 0.15) is 42.5 Å². The molecule has 1 aliphatic rings. The minimum absolute atomic E-state index is 0.139. The van der Waals surface area contributed by atoms with Gasteiger partial charge in [-0.25, -0.2) is 9.48 Å². The van der Waals surface area contributed by atoms with Crippen LogP contribution in [0, 0.1) is 0 Å². The number of esters is 1. The average molecular weight is 329 g/mol. The monoisotopic (exact) mass is 329 g/mol. The minimum Gasteiger partial charge on any atom is -0.465 e. The SMILES string of the molecule is COC(=O)c1ccc(NC(=O)C2(n3cnnn3)CCCCC2)cc1. The van der Waals surface area contributed by atoms with Gasteiger partial charge in [-0.15, -0.1) is 5.10 Å². The number of nitrogens with one attached hydrogen (secondary N) is 1. The Labute approximate surface area is 139 Å². The summed E-state index contributed by atoms with van der Waals surface area (Å²) in [6.45, 7) is 0. The zero-order valence-electron chi connectivity index (χ0n) is 13.4. The summed E-state index contributed by atoms with van der Waals surface area (Å²) in [5, 5.41) is 14.2. The van der Waals surface area contributed by atoms with Crippen molar-refractivity contribution in [3.05, 3.63) is 36.2 Å². The fourth-order valence-electron chi connectivity index (χ4n) is 3.11. The summed E-state index contributed by atoms with van der Waals surface area (Å²) in [4.78, 5) is 24.4. The van der Waals surface area contributed by atoms with E-state index in [0.29, 0.717) is 24.1 Å². The van der Waals surface area contributed by atoms with Crippen molar-refractivity contribution in [2.24, 2.45) is 0 Å². The van der Waals surface area contributed by atoms with Crippen molar-refractivity contribution >= 4 is 17.6 Å². The van der Waals surface area contributed by atoms with E-state index in [1.807, 2.05) is 0 Å². The third-order valence-electron chi connectivity index (χ3n) is 4.45. The summed E-state index contributed by atoms with van der Waals surface area (Å²) in [6.07, 6.45) is 5.90. The van der Waals surface area contributed by atoms with Crippen LogP contribution < -0.4 is 5.32 Å². The Morgan fingerprint density at radius 3 is 2.46 bits per heavy atom. The van der Waals surface area contributed by atoms with E-state index in [1.54, 1.807) is 28.9 Å². The second-order valence-electron chi connectivity index (χ2n) is 5.87. The number of hydrogen-bond donors (Lipinski definition) is 1. The van der Waals surface area contributed by atoms with Gasteiger partial charge in [0.1, 0.15) is 11.9 Å². The highest BCUT2D eigenvalue weighted by Gasteiger charge is 2.42. The second-order valence-corrected chi connectivity index (χ2v) is 5.87.